The van der Waals surface area contributed by atoms with E-state index in [0.717, 1.165) is 29.9 Å². The second kappa shape index (κ2) is 4.80. The second-order valence-electron chi connectivity index (χ2n) is 4.89. The van der Waals surface area contributed by atoms with Gasteiger partial charge in [-0.05, 0) is 18.4 Å². The zero-order valence-corrected chi connectivity index (χ0v) is 11.2. The van der Waals surface area contributed by atoms with Crippen LogP contribution in [0, 0.1) is 0 Å². The maximum absolute atomic E-state index is 4.45. The third-order valence-electron chi connectivity index (χ3n) is 3.25. The molecule has 0 saturated carbocycles. The number of nitrogens with zero attached hydrogens (tertiary/aromatic N) is 4. The molecule has 1 aromatic heterocycles. The predicted molar refractivity (Wildman–Crippen MR) is 76.7 cm³/mol. The molecule has 96 valence electrons. The Morgan fingerprint density at radius 3 is 2.84 bits per heavy atom. The third kappa shape index (κ3) is 2.21. The highest BCUT2D eigenvalue weighted by Gasteiger charge is 2.19. The number of aliphatic imine (C=N–C) groups is 1. The molecule has 19 heavy (non-hydrogen) atoms. The van der Waals surface area contributed by atoms with Crippen LogP contribution in [0.4, 0.5) is 5.82 Å². The van der Waals surface area contributed by atoms with Gasteiger partial charge in [-0.25, -0.2) is 15.0 Å². The van der Waals surface area contributed by atoms with Crippen molar-refractivity contribution in [1.29, 1.82) is 0 Å². The van der Waals surface area contributed by atoms with E-state index in [1.807, 2.05) is 19.0 Å². The molecule has 0 fully saturated rings. The molecule has 0 bridgehead atoms. The molecule has 1 aliphatic rings. The molecule has 0 aliphatic heterocycles. The van der Waals surface area contributed by atoms with Gasteiger partial charge < -0.3 is 4.90 Å². The lowest BCUT2D eigenvalue weighted by molar-refractivity contribution is 0.642. The van der Waals surface area contributed by atoms with Gasteiger partial charge in [-0.2, -0.15) is 0 Å². The van der Waals surface area contributed by atoms with Crippen LogP contribution < -0.4 is 0 Å². The Morgan fingerprint density at radius 2 is 2.00 bits per heavy atom. The molecule has 2 aromatic rings. The predicted octanol–water partition coefficient (Wildman–Crippen LogP) is 2.46. The van der Waals surface area contributed by atoms with Gasteiger partial charge in [0.2, 0.25) is 0 Å². The Labute approximate surface area is 112 Å². The Bertz CT molecular complexity index is 632. The van der Waals surface area contributed by atoms with Crippen LogP contribution in [0.1, 0.15) is 11.1 Å². The van der Waals surface area contributed by atoms with Crippen LogP contribution in [0.15, 0.2) is 35.6 Å². The first-order valence-electron chi connectivity index (χ1n) is 6.38. The van der Waals surface area contributed by atoms with Crippen LogP contribution in [-0.2, 0) is 12.8 Å². The minimum absolute atomic E-state index is 0.785. The molecule has 4 nitrogen and oxygen atoms in total. The van der Waals surface area contributed by atoms with E-state index in [1.54, 1.807) is 12.7 Å². The molecule has 1 heterocycles. The van der Waals surface area contributed by atoms with Crippen molar-refractivity contribution in [3.63, 3.8) is 0 Å². The number of hydrogen-bond acceptors (Lipinski definition) is 3. The summed E-state index contributed by atoms with van der Waals surface area (Å²) in [6.45, 7) is 0. The van der Waals surface area contributed by atoms with Crippen LogP contribution >= 0.6 is 0 Å². The maximum Gasteiger partial charge on any atom is 0.160 e. The van der Waals surface area contributed by atoms with Crippen LogP contribution in [-0.4, -0.2) is 35.3 Å². The molecule has 0 atom stereocenters. The number of rotatable bonds is 2. The van der Waals surface area contributed by atoms with Gasteiger partial charge in [0.1, 0.15) is 6.33 Å². The van der Waals surface area contributed by atoms with E-state index in [4.69, 9.17) is 0 Å². The van der Waals surface area contributed by atoms with Crippen molar-refractivity contribution in [3.8, 4) is 11.3 Å². The minimum atomic E-state index is 0.785. The summed E-state index contributed by atoms with van der Waals surface area (Å²) in [6, 6.07) is 8.43. The Morgan fingerprint density at radius 1 is 1.16 bits per heavy atom. The molecule has 0 unspecified atom stereocenters. The van der Waals surface area contributed by atoms with Crippen molar-refractivity contribution < 1.29 is 0 Å². The average molecular weight is 252 g/mol. The van der Waals surface area contributed by atoms with Gasteiger partial charge in [-0.3, -0.25) is 0 Å². The fourth-order valence-corrected chi connectivity index (χ4v) is 2.38. The topological polar surface area (TPSA) is 41.4 Å². The van der Waals surface area contributed by atoms with Crippen LogP contribution in [0.3, 0.4) is 0 Å². The largest absolute Gasteiger partial charge is 0.369 e. The van der Waals surface area contributed by atoms with Crippen molar-refractivity contribution in [2.24, 2.45) is 4.99 Å². The van der Waals surface area contributed by atoms with Gasteiger partial charge in [-0.1, -0.05) is 24.3 Å². The normalized spacial score (nSPS) is 13.2. The summed E-state index contributed by atoms with van der Waals surface area (Å²) < 4.78 is 0. The minimum Gasteiger partial charge on any atom is -0.369 e. The quantitative estimate of drug-likeness (QED) is 0.609. The zero-order chi connectivity index (χ0) is 13.2. The van der Waals surface area contributed by atoms with Gasteiger partial charge in [-0.15, -0.1) is 0 Å². The maximum atomic E-state index is 4.45. The molecular weight excluding hydrogens is 236 g/mol. The summed E-state index contributed by atoms with van der Waals surface area (Å²) in [5.74, 6) is 0.785. The molecule has 0 radical (unpaired) electrons. The van der Waals surface area contributed by atoms with Crippen molar-refractivity contribution in [3.05, 3.63) is 41.7 Å². The first kappa shape index (κ1) is 11.8. The number of aryl methyl sites for hydroxylation is 1. The highest BCUT2D eigenvalue weighted by atomic mass is 15.1. The van der Waals surface area contributed by atoms with E-state index in [1.165, 1.54) is 11.1 Å². The average Bonchev–Trinajstić information content (AvgIpc) is 2.44. The molecule has 4 heteroatoms. The second-order valence-corrected chi connectivity index (χ2v) is 4.89. The lowest BCUT2D eigenvalue weighted by Crippen LogP contribution is -2.09. The Hall–Kier alpha value is -2.23. The first-order chi connectivity index (χ1) is 9.25. The van der Waals surface area contributed by atoms with Gasteiger partial charge >= 0.3 is 0 Å². The number of benzene rings is 1. The van der Waals surface area contributed by atoms with Crippen molar-refractivity contribution >= 4 is 12.2 Å². The fraction of sp³-hybridized carbons (Fsp3) is 0.267. The van der Waals surface area contributed by atoms with Gasteiger partial charge in [0.25, 0.3) is 0 Å². The van der Waals surface area contributed by atoms with Gasteiger partial charge in [0, 0.05) is 25.2 Å². The highest BCUT2D eigenvalue weighted by Crippen LogP contribution is 2.35. The lowest BCUT2D eigenvalue weighted by Gasteiger charge is -2.19. The van der Waals surface area contributed by atoms with E-state index < -0.39 is 0 Å². The van der Waals surface area contributed by atoms with Gasteiger partial charge in [0.15, 0.2) is 5.82 Å². The molecule has 3 rings (SSSR count). The zero-order valence-electron chi connectivity index (χ0n) is 11.2. The smallest absolute Gasteiger partial charge is 0.160 e. The standard InChI is InChI=1S/C15H16N4/c1-19(2)10-18-15-13-8-7-11-5-3-4-6-12(11)14(13)16-9-17-15/h3-6,9-10H,7-8H2,1-2H3. The van der Waals surface area contributed by atoms with Gasteiger partial charge in [0.05, 0.1) is 12.0 Å². The molecule has 1 aliphatic carbocycles. The summed E-state index contributed by atoms with van der Waals surface area (Å²) in [7, 11) is 3.90. The summed E-state index contributed by atoms with van der Waals surface area (Å²) in [6.07, 6.45) is 5.36. The van der Waals surface area contributed by atoms with E-state index in [2.05, 4.69) is 39.2 Å². The van der Waals surface area contributed by atoms with Crippen molar-refractivity contribution in [1.82, 2.24) is 14.9 Å². The monoisotopic (exact) mass is 252 g/mol. The molecule has 0 spiro atoms. The molecular formula is C15H16N4. The van der Waals surface area contributed by atoms with Crippen LogP contribution in [0.25, 0.3) is 11.3 Å². The summed E-state index contributed by atoms with van der Waals surface area (Å²) >= 11 is 0. The number of aromatic nitrogens is 2. The molecule has 0 amide bonds. The lowest BCUT2D eigenvalue weighted by atomic mass is 9.89. The van der Waals surface area contributed by atoms with E-state index >= 15 is 0 Å². The van der Waals surface area contributed by atoms with Crippen LogP contribution in [0.5, 0.6) is 0 Å². The third-order valence-corrected chi connectivity index (χ3v) is 3.25. The van der Waals surface area contributed by atoms with Crippen molar-refractivity contribution in [2.75, 3.05) is 14.1 Å². The molecule has 1 aromatic carbocycles. The summed E-state index contributed by atoms with van der Waals surface area (Å²) in [5.41, 5.74) is 4.76. The van der Waals surface area contributed by atoms with E-state index in [9.17, 15) is 0 Å². The Balaban J connectivity index is 2.11. The molecule has 0 N–H and O–H groups in total. The number of fused-ring (bicyclic) bond motifs is 3. The Kier molecular flexibility index (Phi) is 2.99. The molecule has 0 saturated heterocycles. The SMILES string of the molecule is CN(C)C=Nc1ncnc2c1CCc1ccccc1-2. The highest BCUT2D eigenvalue weighted by molar-refractivity contribution is 5.74. The van der Waals surface area contributed by atoms with E-state index in [0.29, 0.717) is 0 Å². The first-order valence-corrected chi connectivity index (χ1v) is 6.38. The summed E-state index contributed by atoms with van der Waals surface area (Å²) in [4.78, 5) is 15.1. The van der Waals surface area contributed by atoms with Crippen LogP contribution in [0.2, 0.25) is 0 Å². The summed E-state index contributed by atoms with van der Waals surface area (Å²) in [5, 5.41) is 0. The number of hydrogen-bond donors (Lipinski definition) is 0. The fourth-order valence-electron chi connectivity index (χ4n) is 2.38. The van der Waals surface area contributed by atoms with Crippen molar-refractivity contribution in [2.45, 2.75) is 12.8 Å². The van der Waals surface area contributed by atoms with E-state index in [-0.39, 0.29) is 0 Å².